The first kappa shape index (κ1) is 30.8. The van der Waals surface area contributed by atoms with Crippen molar-refractivity contribution in [3.8, 4) is 0 Å². The zero-order valence-corrected chi connectivity index (χ0v) is 22.7. The van der Waals surface area contributed by atoms with Crippen LogP contribution in [-0.4, -0.2) is 53.6 Å². The van der Waals surface area contributed by atoms with Gasteiger partial charge in [0.15, 0.2) is 0 Å². The summed E-state index contributed by atoms with van der Waals surface area (Å²) < 4.78 is 30.2. The van der Waals surface area contributed by atoms with E-state index in [1.807, 2.05) is 0 Å². The van der Waals surface area contributed by atoms with Gasteiger partial charge < -0.3 is 10.2 Å². The Labute approximate surface area is 209 Å². The van der Waals surface area contributed by atoms with Gasteiger partial charge in [0, 0.05) is 0 Å². The summed E-state index contributed by atoms with van der Waals surface area (Å²) in [5.41, 5.74) is -1.07. The van der Waals surface area contributed by atoms with Gasteiger partial charge in [-0.05, 0) is 18.2 Å². The van der Waals surface area contributed by atoms with Crippen molar-refractivity contribution in [2.45, 2.75) is 64.2 Å². The molecule has 0 atom stereocenters. The van der Waals surface area contributed by atoms with Crippen LogP contribution in [-0.2, 0) is 10.1 Å². The fraction of sp³-hybridized carbons (Fsp3) is 0.462. The van der Waals surface area contributed by atoms with Crippen LogP contribution in [0.15, 0.2) is 53.4 Å². The number of carboxylic acid groups (broad SMARTS) is 2. The largest absolute Gasteiger partial charge is 0.478 e. The molecule has 0 aromatic heterocycles. The van der Waals surface area contributed by atoms with Crippen LogP contribution in [0.4, 0.5) is 0 Å². The summed E-state index contributed by atoms with van der Waals surface area (Å²) in [7, 11) is -5.88. The zero-order valence-electron chi connectivity index (χ0n) is 20.9. The topological polar surface area (TPSA) is 129 Å². The van der Waals surface area contributed by atoms with Crippen molar-refractivity contribution in [1.29, 1.82) is 0 Å². The minimum atomic E-state index is -4.64. The summed E-state index contributed by atoms with van der Waals surface area (Å²) in [4.78, 5) is 20.4. The monoisotopic (exact) mass is 526 g/mol. The van der Waals surface area contributed by atoms with Gasteiger partial charge in [-0.1, -0.05) is 0 Å². The zero-order chi connectivity index (χ0) is 26.5. The molecule has 0 radical (unpaired) electrons. The maximum Gasteiger partial charge on any atom is 0.335 e. The van der Waals surface area contributed by atoms with Gasteiger partial charge in [-0.25, -0.2) is 9.59 Å². The van der Waals surface area contributed by atoms with Gasteiger partial charge in [0.25, 0.3) is 10.1 Å². The standard InChI is InChI=1S/C18H33P.C8H6O7S/c1-4-7-15-19(16-8-5-2,17-9-6-3)18-13-11-10-12-14-18;9-7(10)4-1-5(8(11)12)3-6(2-4)16(13,14)15/h10-14,19H,4-9,15-17H2,1-3H3;1-3H,(H,9,10)(H,11,12)(H,13,14,15). The van der Waals surface area contributed by atoms with Crippen molar-refractivity contribution in [2.75, 3.05) is 18.5 Å². The molecular weight excluding hydrogens is 487 g/mol. The third kappa shape index (κ3) is 10.1. The number of carboxylic acids is 2. The number of hydrogen-bond donors (Lipinski definition) is 3. The van der Waals surface area contributed by atoms with E-state index in [0.717, 1.165) is 6.07 Å². The van der Waals surface area contributed by atoms with Gasteiger partial charge in [-0.15, -0.1) is 0 Å². The van der Waals surface area contributed by atoms with Crippen LogP contribution in [0.5, 0.6) is 0 Å². The molecule has 0 aliphatic carbocycles. The summed E-state index contributed by atoms with van der Waals surface area (Å²) in [6.45, 7) is 7.01. The summed E-state index contributed by atoms with van der Waals surface area (Å²) in [6, 6.07) is 13.7. The van der Waals surface area contributed by atoms with Gasteiger partial charge in [-0.2, -0.15) is 8.42 Å². The number of benzene rings is 2. The third-order valence-electron chi connectivity index (χ3n) is 6.11. The van der Waals surface area contributed by atoms with E-state index in [1.54, 1.807) is 5.30 Å². The van der Waals surface area contributed by atoms with Gasteiger partial charge >= 0.3 is 133 Å². The summed E-state index contributed by atoms with van der Waals surface area (Å²) >= 11 is 0. The average Bonchev–Trinajstić information content (AvgIpc) is 2.84. The maximum atomic E-state index is 10.8. The second-order valence-electron chi connectivity index (χ2n) is 8.79. The Bertz CT molecular complexity index is 999. The maximum absolute atomic E-state index is 10.8. The van der Waals surface area contributed by atoms with Crippen molar-refractivity contribution in [1.82, 2.24) is 0 Å². The second kappa shape index (κ2) is 15.0. The first-order valence-corrected chi connectivity index (χ1v) is 16.2. The number of rotatable bonds is 13. The van der Waals surface area contributed by atoms with Crippen LogP contribution in [0.25, 0.3) is 0 Å². The Morgan fingerprint density at radius 1 is 0.743 bits per heavy atom. The van der Waals surface area contributed by atoms with Crippen LogP contribution in [0.2, 0.25) is 0 Å². The molecule has 9 heteroatoms. The van der Waals surface area contributed by atoms with E-state index in [9.17, 15) is 18.0 Å². The first-order chi connectivity index (χ1) is 16.5. The van der Waals surface area contributed by atoms with Gasteiger partial charge in [0.1, 0.15) is 0 Å². The van der Waals surface area contributed by atoms with E-state index in [0.29, 0.717) is 12.1 Å². The van der Waals surface area contributed by atoms with Gasteiger partial charge in [0.05, 0.1) is 16.0 Å². The fourth-order valence-electron chi connectivity index (χ4n) is 4.14. The predicted octanol–water partition coefficient (Wildman–Crippen LogP) is 5.79. The average molecular weight is 527 g/mol. The van der Waals surface area contributed by atoms with Crippen molar-refractivity contribution >= 4 is 34.6 Å². The molecule has 2 aromatic carbocycles. The van der Waals surface area contributed by atoms with E-state index in [1.165, 1.54) is 57.0 Å². The Kier molecular flexibility index (Phi) is 13.2. The molecule has 0 spiro atoms. The molecule has 3 N–H and O–H groups in total. The fourth-order valence-corrected chi connectivity index (χ4v) is 10.3. The van der Waals surface area contributed by atoms with Crippen molar-refractivity contribution in [3.05, 3.63) is 59.7 Å². The van der Waals surface area contributed by atoms with E-state index in [-0.39, 0.29) is 0 Å². The van der Waals surface area contributed by atoms with E-state index < -0.39 is 45.3 Å². The van der Waals surface area contributed by atoms with E-state index in [4.69, 9.17) is 14.8 Å². The number of hydrogen-bond acceptors (Lipinski definition) is 4. The minimum absolute atomic E-state index is 0.535. The molecular formula is C26H39O7PS. The normalized spacial score (nSPS) is 11.9. The van der Waals surface area contributed by atoms with Crippen LogP contribution in [0, 0.1) is 0 Å². The minimum Gasteiger partial charge on any atom is -0.478 e. The summed E-state index contributed by atoms with van der Waals surface area (Å²) in [5.74, 6) is -2.99. The van der Waals surface area contributed by atoms with Crippen molar-refractivity contribution in [2.24, 2.45) is 0 Å². The van der Waals surface area contributed by atoms with E-state index in [2.05, 4.69) is 51.1 Å². The smallest absolute Gasteiger partial charge is 0.335 e. The number of unbranched alkanes of at least 4 members (excludes halogenated alkanes) is 3. The molecule has 2 aromatic rings. The molecule has 7 nitrogen and oxygen atoms in total. The predicted molar refractivity (Wildman–Crippen MR) is 144 cm³/mol. The second-order valence-corrected chi connectivity index (χ2v) is 14.8. The van der Waals surface area contributed by atoms with Crippen LogP contribution in [0.3, 0.4) is 0 Å². The van der Waals surface area contributed by atoms with Crippen molar-refractivity contribution < 1.29 is 32.8 Å². The number of aromatic carboxylic acids is 2. The molecule has 0 bridgehead atoms. The quantitative estimate of drug-likeness (QED) is 0.222. The van der Waals surface area contributed by atoms with Gasteiger partial charge in [0.2, 0.25) is 0 Å². The molecule has 0 amide bonds. The van der Waals surface area contributed by atoms with Gasteiger partial charge in [-0.3, -0.25) is 4.55 Å². The van der Waals surface area contributed by atoms with Crippen LogP contribution >= 0.6 is 7.26 Å². The van der Waals surface area contributed by atoms with Crippen LogP contribution < -0.4 is 5.30 Å². The molecule has 196 valence electrons. The third-order valence-corrected chi connectivity index (χ3v) is 12.4. The van der Waals surface area contributed by atoms with Crippen molar-refractivity contribution in [3.63, 3.8) is 0 Å². The molecule has 2 rings (SSSR count). The summed E-state index contributed by atoms with van der Waals surface area (Å²) in [5, 5.41) is 19.0. The molecule has 0 saturated carbocycles. The van der Waals surface area contributed by atoms with E-state index >= 15 is 0 Å². The molecule has 0 aliphatic heterocycles. The molecule has 0 aliphatic rings. The Balaban J connectivity index is 0.000000355. The Hall–Kier alpha value is -2.28. The molecule has 0 fully saturated rings. The number of carbonyl (C=O) groups is 2. The SMILES string of the molecule is CCCC[PH](CCCC)(CCCC)c1ccccc1.O=C(O)c1cc(C(=O)O)cc(S(=O)(=O)O)c1. The molecule has 0 heterocycles. The Morgan fingerprint density at radius 2 is 1.14 bits per heavy atom. The van der Waals surface area contributed by atoms with Crippen LogP contribution in [0.1, 0.15) is 80.0 Å². The Morgan fingerprint density at radius 3 is 1.46 bits per heavy atom. The molecule has 35 heavy (non-hydrogen) atoms. The first-order valence-electron chi connectivity index (χ1n) is 12.2. The molecule has 0 saturated heterocycles. The molecule has 0 unspecified atom stereocenters. The summed E-state index contributed by atoms with van der Waals surface area (Å²) in [6.07, 6.45) is 12.8.